The number of benzene rings is 1. The van der Waals surface area contributed by atoms with Crippen molar-refractivity contribution in [2.24, 2.45) is 0 Å². The maximum atomic E-state index is 13.1. The Morgan fingerprint density at radius 2 is 2.25 bits per heavy atom. The molecular weight excluding hydrogens is 227 g/mol. The third-order valence-electron chi connectivity index (χ3n) is 1.79. The number of hydrogen-bond acceptors (Lipinski definition) is 3. The number of rotatable bonds is 4. The fourth-order valence-corrected chi connectivity index (χ4v) is 1.84. The second-order valence-corrected chi connectivity index (χ2v) is 4.74. The summed E-state index contributed by atoms with van der Waals surface area (Å²) in [7, 11) is 0. The van der Waals surface area contributed by atoms with Crippen molar-refractivity contribution < 1.29 is 9.18 Å². The van der Waals surface area contributed by atoms with Crippen LogP contribution in [0.25, 0.3) is 0 Å². The van der Waals surface area contributed by atoms with Gasteiger partial charge in [-0.2, -0.15) is 0 Å². The van der Waals surface area contributed by atoms with Crippen molar-refractivity contribution in [3.8, 4) is 0 Å². The molecule has 5 heteroatoms. The van der Waals surface area contributed by atoms with Crippen molar-refractivity contribution in [1.82, 2.24) is 5.32 Å². The zero-order chi connectivity index (χ0) is 12.1. The van der Waals surface area contributed by atoms with E-state index in [9.17, 15) is 9.18 Å². The summed E-state index contributed by atoms with van der Waals surface area (Å²) in [5.74, 6) is -0.229. The lowest BCUT2D eigenvalue weighted by Crippen LogP contribution is -2.31. The van der Waals surface area contributed by atoms with E-state index >= 15 is 0 Å². The van der Waals surface area contributed by atoms with E-state index in [1.165, 1.54) is 23.9 Å². The highest BCUT2D eigenvalue weighted by Gasteiger charge is 2.05. The van der Waals surface area contributed by atoms with Crippen LogP contribution in [0.4, 0.5) is 10.1 Å². The molecule has 0 aliphatic heterocycles. The Bertz CT molecular complexity index is 382. The van der Waals surface area contributed by atoms with Gasteiger partial charge in [0.2, 0.25) is 5.91 Å². The molecule has 1 amide bonds. The van der Waals surface area contributed by atoms with Crippen LogP contribution < -0.4 is 11.1 Å². The molecule has 3 nitrogen and oxygen atoms in total. The average molecular weight is 242 g/mol. The van der Waals surface area contributed by atoms with Crippen LogP contribution in [0.3, 0.4) is 0 Å². The number of thioether (sulfide) groups is 1. The molecule has 0 bridgehead atoms. The first-order valence-corrected chi connectivity index (χ1v) is 5.95. The molecule has 3 N–H and O–H groups in total. The van der Waals surface area contributed by atoms with Gasteiger partial charge in [0.25, 0.3) is 0 Å². The van der Waals surface area contributed by atoms with Gasteiger partial charge in [-0.1, -0.05) is 0 Å². The molecule has 0 radical (unpaired) electrons. The van der Waals surface area contributed by atoms with Gasteiger partial charge < -0.3 is 11.1 Å². The van der Waals surface area contributed by atoms with E-state index < -0.39 is 5.82 Å². The third kappa shape index (κ3) is 4.10. The van der Waals surface area contributed by atoms with Crippen molar-refractivity contribution in [2.45, 2.75) is 24.8 Å². The summed E-state index contributed by atoms with van der Waals surface area (Å²) in [6, 6.07) is 4.66. The van der Waals surface area contributed by atoms with Gasteiger partial charge in [0, 0.05) is 10.9 Å². The normalized spacial score (nSPS) is 10.5. The third-order valence-corrected chi connectivity index (χ3v) is 2.79. The second kappa shape index (κ2) is 5.75. The molecule has 0 spiro atoms. The minimum atomic E-state index is -0.450. The maximum Gasteiger partial charge on any atom is 0.230 e. The first-order chi connectivity index (χ1) is 7.49. The lowest BCUT2D eigenvalue weighted by molar-refractivity contribution is -0.119. The summed E-state index contributed by atoms with van der Waals surface area (Å²) in [6.07, 6.45) is 0. The van der Waals surface area contributed by atoms with Gasteiger partial charge in [0.15, 0.2) is 0 Å². The first-order valence-electron chi connectivity index (χ1n) is 4.96. The van der Waals surface area contributed by atoms with E-state index in [2.05, 4.69) is 5.32 Å². The highest BCUT2D eigenvalue weighted by atomic mass is 32.2. The molecule has 0 heterocycles. The van der Waals surface area contributed by atoms with Crippen LogP contribution in [0.1, 0.15) is 13.8 Å². The smallest absolute Gasteiger partial charge is 0.230 e. The lowest BCUT2D eigenvalue weighted by atomic mass is 10.3. The Hall–Kier alpha value is -1.23. The zero-order valence-corrected chi connectivity index (χ0v) is 10.1. The van der Waals surface area contributed by atoms with Crippen LogP contribution in [-0.2, 0) is 4.79 Å². The van der Waals surface area contributed by atoms with E-state index in [4.69, 9.17) is 5.73 Å². The van der Waals surface area contributed by atoms with Gasteiger partial charge in [-0.05, 0) is 32.0 Å². The average Bonchev–Trinajstić information content (AvgIpc) is 2.19. The molecule has 88 valence electrons. The van der Waals surface area contributed by atoms with Crippen molar-refractivity contribution >= 4 is 23.4 Å². The monoisotopic (exact) mass is 242 g/mol. The number of carbonyl (C=O) groups is 1. The van der Waals surface area contributed by atoms with Crippen LogP contribution in [-0.4, -0.2) is 17.7 Å². The molecule has 0 aliphatic carbocycles. The number of carbonyl (C=O) groups excluding carboxylic acids is 1. The maximum absolute atomic E-state index is 13.1. The van der Waals surface area contributed by atoms with Crippen molar-refractivity contribution in [2.75, 3.05) is 11.5 Å². The molecule has 0 unspecified atom stereocenters. The number of nitrogen functional groups attached to an aromatic ring is 1. The summed E-state index contributed by atoms with van der Waals surface area (Å²) in [5, 5.41) is 2.76. The molecular formula is C11H15FN2OS. The number of anilines is 1. The predicted molar refractivity (Wildman–Crippen MR) is 64.8 cm³/mol. The fourth-order valence-electron chi connectivity index (χ4n) is 1.11. The number of nitrogens with two attached hydrogens (primary N) is 1. The van der Waals surface area contributed by atoms with Crippen molar-refractivity contribution in [3.05, 3.63) is 24.0 Å². The number of nitrogens with one attached hydrogen (secondary N) is 1. The molecule has 0 aliphatic rings. The Balaban J connectivity index is 2.48. The highest BCUT2D eigenvalue weighted by Crippen LogP contribution is 2.21. The molecule has 0 atom stereocenters. The highest BCUT2D eigenvalue weighted by molar-refractivity contribution is 8.00. The standard InChI is InChI=1S/C11H15FN2OS/c1-7(2)14-11(15)6-16-8-3-4-10(13)9(12)5-8/h3-5,7H,6,13H2,1-2H3,(H,14,15). The quantitative estimate of drug-likeness (QED) is 0.627. The summed E-state index contributed by atoms with van der Waals surface area (Å²) in [4.78, 5) is 12.0. The van der Waals surface area contributed by atoms with Gasteiger partial charge in [-0.25, -0.2) is 4.39 Å². The number of hydrogen-bond donors (Lipinski definition) is 2. The van der Waals surface area contributed by atoms with Gasteiger partial charge in [-0.3, -0.25) is 4.79 Å². The first kappa shape index (κ1) is 12.8. The summed E-state index contributed by atoms with van der Waals surface area (Å²) in [6.45, 7) is 3.79. The van der Waals surface area contributed by atoms with Crippen molar-refractivity contribution in [3.63, 3.8) is 0 Å². The fraction of sp³-hybridized carbons (Fsp3) is 0.364. The molecule has 1 aromatic rings. The van der Waals surface area contributed by atoms with E-state index in [0.29, 0.717) is 4.90 Å². The lowest BCUT2D eigenvalue weighted by Gasteiger charge is -2.08. The SMILES string of the molecule is CC(C)NC(=O)CSc1ccc(N)c(F)c1. The Morgan fingerprint density at radius 1 is 1.56 bits per heavy atom. The van der Waals surface area contributed by atoms with Crippen LogP contribution in [0, 0.1) is 5.82 Å². The van der Waals surface area contributed by atoms with E-state index in [-0.39, 0.29) is 23.4 Å². The molecule has 1 rings (SSSR count). The van der Waals surface area contributed by atoms with E-state index in [1.54, 1.807) is 6.07 Å². The van der Waals surface area contributed by atoms with Gasteiger partial charge in [0.1, 0.15) is 5.82 Å². The molecule has 1 aromatic carbocycles. The topological polar surface area (TPSA) is 55.1 Å². The van der Waals surface area contributed by atoms with E-state index in [0.717, 1.165) is 0 Å². The second-order valence-electron chi connectivity index (χ2n) is 3.69. The Labute approximate surface area is 98.6 Å². The van der Waals surface area contributed by atoms with Gasteiger partial charge >= 0.3 is 0 Å². The summed E-state index contributed by atoms with van der Waals surface area (Å²) in [5.41, 5.74) is 5.47. The van der Waals surface area contributed by atoms with E-state index in [1.807, 2.05) is 13.8 Å². The van der Waals surface area contributed by atoms with Crippen molar-refractivity contribution in [1.29, 1.82) is 0 Å². The predicted octanol–water partition coefficient (Wildman–Crippen LogP) is 2.02. The number of amides is 1. The summed E-state index contributed by atoms with van der Waals surface area (Å²) >= 11 is 1.29. The van der Waals surface area contributed by atoms with Crippen LogP contribution in [0.5, 0.6) is 0 Å². The molecule has 0 aromatic heterocycles. The van der Waals surface area contributed by atoms with Crippen LogP contribution >= 0.6 is 11.8 Å². The molecule has 0 saturated heterocycles. The minimum absolute atomic E-state index is 0.0581. The van der Waals surface area contributed by atoms with Gasteiger partial charge in [0.05, 0.1) is 11.4 Å². The van der Waals surface area contributed by atoms with Gasteiger partial charge in [-0.15, -0.1) is 11.8 Å². The molecule has 16 heavy (non-hydrogen) atoms. The zero-order valence-electron chi connectivity index (χ0n) is 9.29. The summed E-state index contributed by atoms with van der Waals surface area (Å²) < 4.78 is 13.1. The van der Waals surface area contributed by atoms with Crippen LogP contribution in [0.15, 0.2) is 23.1 Å². The number of halogens is 1. The molecule has 0 fully saturated rings. The van der Waals surface area contributed by atoms with Crippen LogP contribution in [0.2, 0.25) is 0 Å². The minimum Gasteiger partial charge on any atom is -0.396 e. The molecule has 0 saturated carbocycles. The Kier molecular flexibility index (Phi) is 4.61. The largest absolute Gasteiger partial charge is 0.396 e. The Morgan fingerprint density at radius 3 is 2.81 bits per heavy atom.